The Morgan fingerprint density at radius 3 is 2.77 bits per heavy atom. The Labute approximate surface area is 85.9 Å². The van der Waals surface area contributed by atoms with Crippen LogP contribution < -0.4 is 5.73 Å². The summed E-state index contributed by atoms with van der Waals surface area (Å²) in [5.41, 5.74) is 5.69. The van der Waals surface area contributed by atoms with Crippen LogP contribution in [0.3, 0.4) is 0 Å². The van der Waals surface area contributed by atoms with Crippen LogP contribution in [-0.2, 0) is 14.3 Å². The monoisotopic (exact) mass is 251 g/mol. The number of alkyl halides is 1. The van der Waals surface area contributed by atoms with Crippen molar-refractivity contribution < 1.29 is 14.3 Å². The van der Waals surface area contributed by atoms with Crippen molar-refractivity contribution in [3.05, 3.63) is 0 Å². The van der Waals surface area contributed by atoms with Crippen LogP contribution in [0.1, 0.15) is 13.8 Å². The lowest BCUT2D eigenvalue weighted by atomic mass is 10.0. The van der Waals surface area contributed by atoms with E-state index in [2.05, 4.69) is 15.9 Å². The highest BCUT2D eigenvalue weighted by Gasteiger charge is 2.37. The molecule has 0 aromatic carbocycles. The summed E-state index contributed by atoms with van der Waals surface area (Å²) in [4.78, 5) is 11.3. The average molecular weight is 252 g/mol. The van der Waals surface area contributed by atoms with Crippen molar-refractivity contribution >= 4 is 21.7 Å². The number of hydrogen-bond acceptors (Lipinski definition) is 4. The summed E-state index contributed by atoms with van der Waals surface area (Å²) >= 11 is 3.09. The van der Waals surface area contributed by atoms with Crippen molar-refractivity contribution in [1.29, 1.82) is 0 Å². The molecule has 0 aromatic heterocycles. The van der Waals surface area contributed by atoms with E-state index in [1.165, 1.54) is 0 Å². The standard InChI is InChI=1S/C8H14BrNO3/c1-8(2)12-4-5(6(11)3-9)7(10)13-8/h5,7H,3-4,10H2,1-2H3. The van der Waals surface area contributed by atoms with Gasteiger partial charge in [-0.2, -0.15) is 0 Å². The molecule has 0 saturated carbocycles. The maximum absolute atomic E-state index is 11.3. The first-order valence-corrected chi connectivity index (χ1v) is 5.24. The molecule has 76 valence electrons. The Bertz CT molecular complexity index is 208. The molecule has 1 aliphatic heterocycles. The van der Waals surface area contributed by atoms with Crippen LogP contribution in [0.25, 0.3) is 0 Å². The van der Waals surface area contributed by atoms with Crippen LogP contribution in [0.5, 0.6) is 0 Å². The van der Waals surface area contributed by atoms with Crippen molar-refractivity contribution in [2.24, 2.45) is 11.7 Å². The van der Waals surface area contributed by atoms with Gasteiger partial charge in [0.2, 0.25) is 0 Å². The first-order valence-electron chi connectivity index (χ1n) is 4.12. The van der Waals surface area contributed by atoms with E-state index in [1.54, 1.807) is 13.8 Å². The van der Waals surface area contributed by atoms with Gasteiger partial charge in [0.05, 0.1) is 17.9 Å². The van der Waals surface area contributed by atoms with Crippen LogP contribution in [-0.4, -0.2) is 29.7 Å². The maximum atomic E-state index is 11.3. The zero-order chi connectivity index (χ0) is 10.1. The molecule has 2 N–H and O–H groups in total. The number of nitrogens with two attached hydrogens (primary N) is 1. The molecule has 0 radical (unpaired) electrons. The Hall–Kier alpha value is 0.0300. The van der Waals surface area contributed by atoms with Gasteiger partial charge >= 0.3 is 0 Å². The number of rotatable bonds is 2. The van der Waals surface area contributed by atoms with Crippen molar-refractivity contribution in [3.63, 3.8) is 0 Å². The molecule has 4 nitrogen and oxygen atoms in total. The zero-order valence-electron chi connectivity index (χ0n) is 7.75. The number of halogens is 1. The average Bonchev–Trinajstić information content (AvgIpc) is 2.01. The molecule has 1 saturated heterocycles. The molecule has 1 rings (SSSR count). The summed E-state index contributed by atoms with van der Waals surface area (Å²) < 4.78 is 10.7. The van der Waals surface area contributed by atoms with Gasteiger partial charge in [-0.3, -0.25) is 4.79 Å². The number of carbonyl (C=O) groups excluding carboxylic acids is 1. The van der Waals surface area contributed by atoms with Gasteiger partial charge < -0.3 is 15.2 Å². The maximum Gasteiger partial charge on any atom is 0.164 e. The van der Waals surface area contributed by atoms with Crippen molar-refractivity contribution in [2.45, 2.75) is 25.9 Å². The van der Waals surface area contributed by atoms with E-state index >= 15 is 0 Å². The highest BCUT2D eigenvalue weighted by molar-refractivity contribution is 9.09. The van der Waals surface area contributed by atoms with E-state index in [9.17, 15) is 4.79 Å². The molecule has 0 aliphatic carbocycles. The van der Waals surface area contributed by atoms with E-state index in [0.29, 0.717) is 11.9 Å². The molecule has 2 atom stereocenters. The SMILES string of the molecule is CC1(C)OCC(C(=O)CBr)C(N)O1. The Morgan fingerprint density at radius 1 is 1.69 bits per heavy atom. The van der Waals surface area contributed by atoms with E-state index in [4.69, 9.17) is 15.2 Å². The molecule has 0 aromatic rings. The van der Waals surface area contributed by atoms with Crippen LogP contribution in [0.2, 0.25) is 0 Å². The van der Waals surface area contributed by atoms with Gasteiger partial charge in [-0.15, -0.1) is 0 Å². The Balaban J connectivity index is 2.58. The first kappa shape index (κ1) is 11.1. The van der Waals surface area contributed by atoms with Gasteiger partial charge in [-0.05, 0) is 13.8 Å². The van der Waals surface area contributed by atoms with Crippen molar-refractivity contribution in [2.75, 3.05) is 11.9 Å². The Kier molecular flexibility index (Phi) is 3.45. The number of ether oxygens (including phenoxy) is 2. The molecule has 0 bridgehead atoms. The van der Waals surface area contributed by atoms with Gasteiger partial charge in [0.1, 0.15) is 6.23 Å². The normalized spacial score (nSPS) is 32.9. The molecule has 0 amide bonds. The summed E-state index contributed by atoms with van der Waals surface area (Å²) in [6, 6.07) is 0. The van der Waals surface area contributed by atoms with Gasteiger partial charge in [0.15, 0.2) is 11.6 Å². The summed E-state index contributed by atoms with van der Waals surface area (Å²) in [6.45, 7) is 3.89. The number of Topliss-reactive ketones (excluding diaryl/α,β-unsaturated/α-hetero) is 1. The van der Waals surface area contributed by atoms with Crippen molar-refractivity contribution in [3.8, 4) is 0 Å². The fourth-order valence-electron chi connectivity index (χ4n) is 1.20. The van der Waals surface area contributed by atoms with E-state index < -0.39 is 12.0 Å². The summed E-state index contributed by atoms with van der Waals surface area (Å²) in [7, 11) is 0. The van der Waals surface area contributed by atoms with Crippen LogP contribution in [0, 0.1) is 5.92 Å². The minimum atomic E-state index is -0.678. The van der Waals surface area contributed by atoms with E-state index in [1.807, 2.05) is 0 Å². The fraction of sp³-hybridized carbons (Fsp3) is 0.875. The predicted molar refractivity (Wildman–Crippen MR) is 51.4 cm³/mol. The smallest absolute Gasteiger partial charge is 0.164 e. The van der Waals surface area contributed by atoms with Crippen LogP contribution >= 0.6 is 15.9 Å². The minimum Gasteiger partial charge on any atom is -0.350 e. The van der Waals surface area contributed by atoms with Gasteiger partial charge in [0, 0.05) is 0 Å². The highest BCUT2D eigenvalue weighted by Crippen LogP contribution is 2.24. The lowest BCUT2D eigenvalue weighted by Gasteiger charge is -2.38. The lowest BCUT2D eigenvalue weighted by Crippen LogP contribution is -2.52. The van der Waals surface area contributed by atoms with Crippen LogP contribution in [0.15, 0.2) is 0 Å². The molecule has 1 heterocycles. The first-order chi connectivity index (χ1) is 5.96. The molecule has 1 fully saturated rings. The third kappa shape index (κ3) is 2.74. The lowest BCUT2D eigenvalue weighted by molar-refractivity contribution is -0.286. The largest absolute Gasteiger partial charge is 0.350 e. The van der Waals surface area contributed by atoms with Gasteiger partial charge in [-0.25, -0.2) is 0 Å². The third-order valence-corrected chi connectivity index (χ3v) is 2.52. The minimum absolute atomic E-state index is 0.0167. The molecule has 5 heteroatoms. The van der Waals surface area contributed by atoms with Gasteiger partial charge in [0.25, 0.3) is 0 Å². The van der Waals surface area contributed by atoms with Gasteiger partial charge in [-0.1, -0.05) is 15.9 Å². The molecular weight excluding hydrogens is 238 g/mol. The van der Waals surface area contributed by atoms with E-state index in [0.717, 1.165) is 0 Å². The molecule has 0 spiro atoms. The second kappa shape index (κ2) is 4.04. The number of carbonyl (C=O) groups is 1. The number of ketones is 1. The van der Waals surface area contributed by atoms with Crippen molar-refractivity contribution in [1.82, 2.24) is 0 Å². The molecule has 1 aliphatic rings. The van der Waals surface area contributed by atoms with Crippen LogP contribution in [0.4, 0.5) is 0 Å². The summed E-state index contributed by atoms with van der Waals surface area (Å²) in [6.07, 6.45) is -0.561. The second-order valence-electron chi connectivity index (χ2n) is 3.50. The quantitative estimate of drug-likeness (QED) is 0.732. The molecular formula is C8H14BrNO3. The second-order valence-corrected chi connectivity index (χ2v) is 4.06. The zero-order valence-corrected chi connectivity index (χ0v) is 9.33. The topological polar surface area (TPSA) is 61.5 Å². The third-order valence-electron chi connectivity index (χ3n) is 1.97. The summed E-state index contributed by atoms with van der Waals surface area (Å²) in [5.74, 6) is -1.02. The molecule has 13 heavy (non-hydrogen) atoms. The molecule has 2 unspecified atom stereocenters. The van der Waals surface area contributed by atoms with E-state index in [-0.39, 0.29) is 11.7 Å². The number of hydrogen-bond donors (Lipinski definition) is 1. The highest BCUT2D eigenvalue weighted by atomic mass is 79.9. The summed E-state index contributed by atoms with van der Waals surface area (Å²) in [5, 5.41) is 0.290. The predicted octanol–water partition coefficient (Wildman–Crippen LogP) is 0.634. The fourth-order valence-corrected chi connectivity index (χ4v) is 1.62. The Morgan fingerprint density at radius 2 is 2.31 bits per heavy atom.